The van der Waals surface area contributed by atoms with Crippen molar-refractivity contribution in [3.63, 3.8) is 0 Å². The lowest BCUT2D eigenvalue weighted by Gasteiger charge is -2.30. The Labute approximate surface area is 115 Å². The van der Waals surface area contributed by atoms with Crippen LogP contribution in [-0.2, 0) is 19.4 Å². The van der Waals surface area contributed by atoms with Crippen LogP contribution in [0.15, 0.2) is 0 Å². The van der Waals surface area contributed by atoms with E-state index in [1.165, 1.54) is 0 Å². The van der Waals surface area contributed by atoms with Gasteiger partial charge < -0.3 is 5.11 Å². The number of rotatable bonds is 6. The van der Waals surface area contributed by atoms with Gasteiger partial charge in [0.05, 0.1) is 22.0 Å². The third-order valence-corrected chi connectivity index (χ3v) is 4.33. The van der Waals surface area contributed by atoms with Crippen molar-refractivity contribution in [3.05, 3.63) is 16.4 Å². The van der Waals surface area contributed by atoms with Crippen LogP contribution in [0.2, 0.25) is 5.02 Å². The Morgan fingerprint density at radius 3 is 2.44 bits per heavy atom. The first kappa shape index (κ1) is 15.5. The minimum Gasteiger partial charge on any atom is -0.389 e. The van der Waals surface area contributed by atoms with Gasteiger partial charge in [0.25, 0.3) is 0 Å². The first-order chi connectivity index (χ1) is 8.37. The van der Waals surface area contributed by atoms with Gasteiger partial charge in [-0.2, -0.15) is 5.10 Å². The standard InChI is InChI=1S/C14H25ClN2O/c1-6-10(4)14(5,18)9-12-13(15)11(7-2)16-17(12)8-3/h10,18H,6-9H2,1-5H3. The largest absolute Gasteiger partial charge is 0.389 e. The van der Waals surface area contributed by atoms with Gasteiger partial charge in [-0.15, -0.1) is 0 Å². The SMILES string of the molecule is CCc1nn(CC)c(CC(C)(O)C(C)CC)c1Cl. The highest BCUT2D eigenvalue weighted by Gasteiger charge is 2.30. The van der Waals surface area contributed by atoms with Gasteiger partial charge in [0.15, 0.2) is 0 Å². The molecule has 0 aliphatic carbocycles. The molecule has 4 heteroatoms. The Hall–Kier alpha value is -0.540. The summed E-state index contributed by atoms with van der Waals surface area (Å²) in [4.78, 5) is 0. The zero-order chi connectivity index (χ0) is 13.9. The Kier molecular flexibility index (Phi) is 5.23. The van der Waals surface area contributed by atoms with E-state index < -0.39 is 5.60 Å². The molecular weight excluding hydrogens is 248 g/mol. The summed E-state index contributed by atoms with van der Waals surface area (Å²) in [6.45, 7) is 10.9. The zero-order valence-electron chi connectivity index (χ0n) is 12.1. The summed E-state index contributed by atoms with van der Waals surface area (Å²) in [5.41, 5.74) is 1.14. The monoisotopic (exact) mass is 272 g/mol. The van der Waals surface area contributed by atoms with Crippen molar-refractivity contribution in [2.75, 3.05) is 0 Å². The minimum atomic E-state index is -0.740. The van der Waals surface area contributed by atoms with Crippen LogP contribution in [0.25, 0.3) is 0 Å². The number of halogens is 1. The van der Waals surface area contributed by atoms with E-state index in [-0.39, 0.29) is 5.92 Å². The first-order valence-corrected chi connectivity index (χ1v) is 7.21. The van der Waals surface area contributed by atoms with Crippen molar-refractivity contribution in [2.45, 2.75) is 66.0 Å². The molecule has 1 heterocycles. The Balaban J connectivity index is 3.06. The number of hydrogen-bond acceptors (Lipinski definition) is 2. The van der Waals surface area contributed by atoms with Gasteiger partial charge in [0.1, 0.15) is 0 Å². The molecule has 0 amide bonds. The molecule has 1 rings (SSSR count). The predicted octanol–water partition coefficient (Wildman–Crippen LogP) is 3.46. The van der Waals surface area contributed by atoms with Crippen LogP contribution in [-0.4, -0.2) is 20.5 Å². The van der Waals surface area contributed by atoms with Gasteiger partial charge in [0, 0.05) is 13.0 Å². The molecule has 1 aromatic heterocycles. The summed E-state index contributed by atoms with van der Waals surface area (Å²) in [5, 5.41) is 15.8. The molecule has 0 spiro atoms. The molecule has 0 aliphatic heterocycles. The normalized spacial score (nSPS) is 16.6. The summed E-state index contributed by atoms with van der Waals surface area (Å²) in [6, 6.07) is 0. The van der Waals surface area contributed by atoms with E-state index in [4.69, 9.17) is 11.6 Å². The number of aryl methyl sites for hydroxylation is 2. The van der Waals surface area contributed by atoms with Crippen molar-refractivity contribution in [3.8, 4) is 0 Å². The molecule has 18 heavy (non-hydrogen) atoms. The molecule has 0 bridgehead atoms. The van der Waals surface area contributed by atoms with E-state index in [1.807, 2.05) is 25.5 Å². The number of aromatic nitrogens is 2. The van der Waals surface area contributed by atoms with E-state index in [2.05, 4.69) is 18.9 Å². The van der Waals surface area contributed by atoms with Crippen molar-refractivity contribution in [1.29, 1.82) is 0 Å². The topological polar surface area (TPSA) is 38.0 Å². The second-order valence-electron chi connectivity index (χ2n) is 5.22. The molecule has 0 saturated carbocycles. The lowest BCUT2D eigenvalue weighted by molar-refractivity contribution is 0.00346. The van der Waals surface area contributed by atoms with Crippen molar-refractivity contribution < 1.29 is 5.11 Å². The first-order valence-electron chi connectivity index (χ1n) is 6.83. The summed E-state index contributed by atoms with van der Waals surface area (Å²) in [5.74, 6) is 0.235. The van der Waals surface area contributed by atoms with E-state index in [1.54, 1.807) is 0 Å². The molecule has 0 fully saturated rings. The molecule has 0 saturated heterocycles. The van der Waals surface area contributed by atoms with Gasteiger partial charge in [0.2, 0.25) is 0 Å². The lowest BCUT2D eigenvalue weighted by atomic mass is 9.85. The molecule has 0 aliphatic rings. The molecule has 104 valence electrons. The fourth-order valence-electron chi connectivity index (χ4n) is 2.14. The fourth-order valence-corrected chi connectivity index (χ4v) is 2.47. The summed E-state index contributed by atoms with van der Waals surface area (Å²) in [6.07, 6.45) is 2.33. The molecule has 1 N–H and O–H groups in total. The van der Waals surface area contributed by atoms with E-state index in [0.717, 1.165) is 35.8 Å². The maximum absolute atomic E-state index is 10.6. The van der Waals surface area contributed by atoms with Crippen LogP contribution in [0.1, 0.15) is 52.4 Å². The van der Waals surface area contributed by atoms with Gasteiger partial charge in [-0.05, 0) is 26.2 Å². The van der Waals surface area contributed by atoms with Crippen LogP contribution in [0.4, 0.5) is 0 Å². The summed E-state index contributed by atoms with van der Waals surface area (Å²) >= 11 is 6.37. The van der Waals surface area contributed by atoms with E-state index in [0.29, 0.717) is 6.42 Å². The average molecular weight is 273 g/mol. The van der Waals surface area contributed by atoms with Crippen molar-refractivity contribution in [2.24, 2.45) is 5.92 Å². The Morgan fingerprint density at radius 2 is 2.00 bits per heavy atom. The molecule has 0 radical (unpaired) electrons. The molecule has 3 nitrogen and oxygen atoms in total. The predicted molar refractivity (Wildman–Crippen MR) is 76.1 cm³/mol. The minimum absolute atomic E-state index is 0.235. The zero-order valence-corrected chi connectivity index (χ0v) is 12.9. The average Bonchev–Trinajstić information content (AvgIpc) is 2.64. The third kappa shape index (κ3) is 3.07. The second-order valence-corrected chi connectivity index (χ2v) is 5.60. The number of hydrogen-bond donors (Lipinski definition) is 1. The smallest absolute Gasteiger partial charge is 0.0850 e. The van der Waals surface area contributed by atoms with Crippen LogP contribution >= 0.6 is 11.6 Å². The Bertz CT molecular complexity index is 399. The molecule has 2 atom stereocenters. The quantitative estimate of drug-likeness (QED) is 0.861. The van der Waals surface area contributed by atoms with E-state index in [9.17, 15) is 5.11 Å². The molecular formula is C14H25ClN2O. The van der Waals surface area contributed by atoms with Crippen molar-refractivity contribution >= 4 is 11.6 Å². The van der Waals surface area contributed by atoms with Gasteiger partial charge >= 0.3 is 0 Å². The van der Waals surface area contributed by atoms with E-state index >= 15 is 0 Å². The highest BCUT2D eigenvalue weighted by atomic mass is 35.5. The van der Waals surface area contributed by atoms with Gasteiger partial charge in [-0.25, -0.2) is 0 Å². The highest BCUT2D eigenvalue weighted by Crippen LogP contribution is 2.30. The maximum atomic E-state index is 10.6. The van der Waals surface area contributed by atoms with Gasteiger partial charge in [-0.1, -0.05) is 38.8 Å². The highest BCUT2D eigenvalue weighted by molar-refractivity contribution is 6.31. The van der Waals surface area contributed by atoms with Crippen LogP contribution in [0.5, 0.6) is 0 Å². The molecule has 0 aromatic carbocycles. The lowest BCUT2D eigenvalue weighted by Crippen LogP contribution is -2.35. The van der Waals surface area contributed by atoms with Crippen LogP contribution in [0, 0.1) is 5.92 Å². The molecule has 2 unspecified atom stereocenters. The van der Waals surface area contributed by atoms with Crippen LogP contribution < -0.4 is 0 Å². The third-order valence-electron chi connectivity index (χ3n) is 3.89. The maximum Gasteiger partial charge on any atom is 0.0850 e. The summed E-state index contributed by atoms with van der Waals surface area (Å²) < 4.78 is 1.91. The molecule has 1 aromatic rings. The number of aliphatic hydroxyl groups is 1. The second kappa shape index (κ2) is 6.07. The van der Waals surface area contributed by atoms with Crippen LogP contribution in [0.3, 0.4) is 0 Å². The Morgan fingerprint density at radius 1 is 1.39 bits per heavy atom. The summed E-state index contributed by atoms with van der Waals surface area (Å²) in [7, 11) is 0. The number of nitrogens with zero attached hydrogens (tertiary/aromatic N) is 2. The fraction of sp³-hybridized carbons (Fsp3) is 0.786. The van der Waals surface area contributed by atoms with Crippen molar-refractivity contribution in [1.82, 2.24) is 9.78 Å². The van der Waals surface area contributed by atoms with Gasteiger partial charge in [-0.3, -0.25) is 4.68 Å².